The largest absolute Gasteiger partial charge is 0.384 e. The van der Waals surface area contributed by atoms with Gasteiger partial charge in [-0.3, -0.25) is 0 Å². The molecule has 3 rings (SSSR count). The zero-order chi connectivity index (χ0) is 17.4. The average molecular weight is 351 g/mol. The first-order valence-corrected chi connectivity index (χ1v) is 9.98. The molecule has 0 bridgehead atoms. The van der Waals surface area contributed by atoms with Crippen molar-refractivity contribution in [1.29, 1.82) is 0 Å². The predicted octanol–water partition coefficient (Wildman–Crippen LogP) is 2.94. The molecule has 6 heteroatoms. The van der Waals surface area contributed by atoms with Gasteiger partial charge < -0.3 is 9.84 Å². The normalized spacial score (nSPS) is 23.5. The maximum atomic E-state index is 13.3. The van der Waals surface area contributed by atoms with Gasteiger partial charge in [0.15, 0.2) is 0 Å². The van der Waals surface area contributed by atoms with Crippen molar-refractivity contribution in [3.05, 3.63) is 41.6 Å². The van der Waals surface area contributed by atoms with Crippen LogP contribution in [-0.4, -0.2) is 36.3 Å². The number of rotatable bonds is 5. The van der Waals surface area contributed by atoms with Crippen molar-refractivity contribution < 1.29 is 18.3 Å². The van der Waals surface area contributed by atoms with Gasteiger partial charge in [-0.1, -0.05) is 23.8 Å². The lowest BCUT2D eigenvalue weighted by atomic mass is 9.76. The Morgan fingerprint density at radius 2 is 1.96 bits per heavy atom. The molecule has 1 atom stereocenters. The van der Waals surface area contributed by atoms with Crippen LogP contribution in [0.5, 0.6) is 0 Å². The third-order valence-corrected chi connectivity index (χ3v) is 6.66. The number of sulfonamides is 1. The van der Waals surface area contributed by atoms with Crippen LogP contribution in [0.25, 0.3) is 0 Å². The molecule has 132 valence electrons. The molecule has 1 saturated carbocycles. The summed E-state index contributed by atoms with van der Waals surface area (Å²) in [5.41, 5.74) is 0.439. The molecule has 24 heavy (non-hydrogen) atoms. The quantitative estimate of drug-likeness (QED) is 0.886. The van der Waals surface area contributed by atoms with Gasteiger partial charge in [0.05, 0.1) is 10.6 Å². The standard InChI is InChI=1S/C18H25NO4S/c1-3-23-17-7-4-6-16(18(20)12-5-13-18)19(17)24(21,22)15-10-8-14(2)9-11-15/h6,8-11,17,20H,3-5,7,12-13H2,1-2H3. The smallest absolute Gasteiger partial charge is 0.266 e. The van der Waals surface area contributed by atoms with Crippen molar-refractivity contribution in [3.8, 4) is 0 Å². The topological polar surface area (TPSA) is 66.8 Å². The first kappa shape index (κ1) is 17.5. The van der Waals surface area contributed by atoms with Crippen molar-refractivity contribution in [3.63, 3.8) is 0 Å². The lowest BCUT2D eigenvalue weighted by Crippen LogP contribution is -2.53. The summed E-state index contributed by atoms with van der Waals surface area (Å²) < 4.78 is 33.6. The molecule has 1 heterocycles. The number of aryl methyl sites for hydroxylation is 1. The van der Waals surface area contributed by atoms with Gasteiger partial charge in [0.25, 0.3) is 10.0 Å². The van der Waals surface area contributed by atoms with E-state index < -0.39 is 21.9 Å². The van der Waals surface area contributed by atoms with Crippen LogP contribution in [0.3, 0.4) is 0 Å². The number of hydrogen-bond donors (Lipinski definition) is 1. The number of nitrogens with zero attached hydrogens (tertiary/aromatic N) is 1. The minimum atomic E-state index is -3.78. The van der Waals surface area contributed by atoms with Crippen LogP contribution >= 0.6 is 0 Å². The molecule has 0 saturated heterocycles. The van der Waals surface area contributed by atoms with Crippen LogP contribution in [0.15, 0.2) is 40.9 Å². The number of hydrogen-bond acceptors (Lipinski definition) is 4. The van der Waals surface area contributed by atoms with E-state index in [-0.39, 0.29) is 4.90 Å². The van der Waals surface area contributed by atoms with Crippen molar-refractivity contribution in [2.75, 3.05) is 6.61 Å². The van der Waals surface area contributed by atoms with Gasteiger partial charge in [-0.15, -0.1) is 0 Å². The Kier molecular flexibility index (Phi) is 4.73. The van der Waals surface area contributed by atoms with Crippen molar-refractivity contribution >= 4 is 10.0 Å². The first-order valence-electron chi connectivity index (χ1n) is 8.54. The fourth-order valence-corrected chi connectivity index (χ4v) is 5.03. The summed E-state index contributed by atoms with van der Waals surface area (Å²) in [5, 5.41) is 10.8. The first-order chi connectivity index (χ1) is 11.4. The lowest BCUT2D eigenvalue weighted by Gasteiger charge is -2.47. The molecule has 0 radical (unpaired) electrons. The van der Waals surface area contributed by atoms with Gasteiger partial charge in [-0.05, 0) is 58.1 Å². The SMILES string of the molecule is CCOC1CCC=C(C2(O)CCC2)N1S(=O)(=O)c1ccc(C)cc1. The third kappa shape index (κ3) is 2.98. The van der Waals surface area contributed by atoms with E-state index in [1.165, 1.54) is 4.31 Å². The van der Waals surface area contributed by atoms with E-state index in [0.29, 0.717) is 38.0 Å². The van der Waals surface area contributed by atoms with Crippen LogP contribution < -0.4 is 0 Å². The van der Waals surface area contributed by atoms with Crippen molar-refractivity contribution in [2.45, 2.75) is 62.7 Å². The lowest BCUT2D eigenvalue weighted by molar-refractivity contribution is -0.0611. The molecule has 1 aromatic rings. The Balaban J connectivity index is 2.05. The maximum Gasteiger partial charge on any atom is 0.266 e. The number of allylic oxidation sites excluding steroid dienone is 1. The van der Waals surface area contributed by atoms with Crippen molar-refractivity contribution in [2.24, 2.45) is 0 Å². The maximum absolute atomic E-state index is 13.3. The molecule has 1 aliphatic heterocycles. The molecule has 2 aliphatic rings. The Labute approximate surface area is 144 Å². The van der Waals surface area contributed by atoms with E-state index in [4.69, 9.17) is 4.74 Å². The highest BCUT2D eigenvalue weighted by atomic mass is 32.2. The minimum absolute atomic E-state index is 0.230. The molecular weight excluding hydrogens is 326 g/mol. The van der Waals surface area contributed by atoms with Crippen LogP contribution in [0, 0.1) is 6.92 Å². The van der Waals surface area contributed by atoms with E-state index in [9.17, 15) is 13.5 Å². The molecule has 0 aromatic heterocycles. The van der Waals surface area contributed by atoms with Crippen molar-refractivity contribution in [1.82, 2.24) is 4.31 Å². The number of ether oxygens (including phenoxy) is 1. The fraction of sp³-hybridized carbons (Fsp3) is 0.556. The molecular formula is C18H25NO4S. The van der Waals surface area contributed by atoms with E-state index in [0.717, 1.165) is 12.0 Å². The number of benzene rings is 1. The Bertz CT molecular complexity index is 720. The molecule has 5 nitrogen and oxygen atoms in total. The van der Waals surface area contributed by atoms with E-state index in [1.807, 2.05) is 19.9 Å². The average Bonchev–Trinajstić information content (AvgIpc) is 2.53. The van der Waals surface area contributed by atoms with Gasteiger partial charge in [0.1, 0.15) is 11.8 Å². The highest BCUT2D eigenvalue weighted by molar-refractivity contribution is 7.89. The summed E-state index contributed by atoms with van der Waals surface area (Å²) in [4.78, 5) is 0.230. The van der Waals surface area contributed by atoms with Gasteiger partial charge in [-0.2, -0.15) is 0 Å². The molecule has 1 aromatic carbocycles. The summed E-state index contributed by atoms with van der Waals surface area (Å²) in [5.74, 6) is 0. The molecule has 1 fully saturated rings. The molecule has 0 spiro atoms. The Morgan fingerprint density at radius 3 is 2.50 bits per heavy atom. The van der Waals surface area contributed by atoms with Crippen LogP contribution in [-0.2, 0) is 14.8 Å². The fourth-order valence-electron chi connectivity index (χ4n) is 3.34. The summed E-state index contributed by atoms with van der Waals surface area (Å²) in [6.07, 6.45) is 4.70. The second-order valence-electron chi connectivity index (χ2n) is 6.58. The highest BCUT2D eigenvalue weighted by Gasteiger charge is 2.47. The highest BCUT2D eigenvalue weighted by Crippen LogP contribution is 2.44. The predicted molar refractivity (Wildman–Crippen MR) is 91.7 cm³/mol. The van der Waals surface area contributed by atoms with Gasteiger partial charge in [-0.25, -0.2) is 12.7 Å². The van der Waals surface area contributed by atoms with Gasteiger partial charge >= 0.3 is 0 Å². The molecule has 1 N–H and O–H groups in total. The zero-order valence-electron chi connectivity index (χ0n) is 14.2. The molecule has 0 amide bonds. The molecule has 1 unspecified atom stereocenters. The Hall–Kier alpha value is -1.37. The number of aliphatic hydroxyl groups is 1. The second kappa shape index (κ2) is 6.50. The summed E-state index contributed by atoms with van der Waals surface area (Å²) in [6.45, 7) is 4.20. The summed E-state index contributed by atoms with van der Waals surface area (Å²) in [6, 6.07) is 6.80. The third-order valence-electron chi connectivity index (χ3n) is 4.84. The summed E-state index contributed by atoms with van der Waals surface area (Å²) >= 11 is 0. The van der Waals surface area contributed by atoms with Crippen LogP contribution in [0.2, 0.25) is 0 Å². The monoisotopic (exact) mass is 351 g/mol. The van der Waals surface area contributed by atoms with Gasteiger partial charge in [0, 0.05) is 6.61 Å². The van der Waals surface area contributed by atoms with Crippen LogP contribution in [0.4, 0.5) is 0 Å². The van der Waals surface area contributed by atoms with E-state index >= 15 is 0 Å². The minimum Gasteiger partial charge on any atom is -0.384 e. The van der Waals surface area contributed by atoms with Crippen LogP contribution in [0.1, 0.15) is 44.6 Å². The van der Waals surface area contributed by atoms with E-state index in [2.05, 4.69) is 0 Å². The molecule has 1 aliphatic carbocycles. The van der Waals surface area contributed by atoms with Gasteiger partial charge in [0.2, 0.25) is 0 Å². The summed E-state index contributed by atoms with van der Waals surface area (Å²) in [7, 11) is -3.78. The Morgan fingerprint density at radius 1 is 1.29 bits per heavy atom. The van der Waals surface area contributed by atoms with E-state index in [1.54, 1.807) is 24.3 Å². The second-order valence-corrected chi connectivity index (χ2v) is 8.39. The zero-order valence-corrected chi connectivity index (χ0v) is 15.1.